The van der Waals surface area contributed by atoms with Crippen LogP contribution in [0.1, 0.15) is 5.56 Å². The molecule has 214 valence electrons. The number of aromatic nitrogens is 2. The molecule has 1 N–H and O–H groups in total. The molecule has 0 fully saturated rings. The second-order valence-electron chi connectivity index (χ2n) is 10.0. The molecule has 8 nitrogen and oxygen atoms in total. The third kappa shape index (κ3) is 5.18. The molecule has 0 aliphatic rings. The fraction of sp³-hybridized carbons (Fsp3) is 0.0286. The van der Waals surface area contributed by atoms with E-state index in [-0.39, 0.29) is 18.0 Å². The first-order chi connectivity index (χ1) is 21.5. The number of carbonyl (C=O) groups excluding carboxylic acids is 1. The van der Waals surface area contributed by atoms with Gasteiger partial charge in [0.1, 0.15) is 17.1 Å². The van der Waals surface area contributed by atoms with Gasteiger partial charge in [0.05, 0.1) is 17.1 Å². The normalized spacial score (nSPS) is 11.5. The van der Waals surface area contributed by atoms with Gasteiger partial charge in [0.25, 0.3) is 11.5 Å². The Morgan fingerprint density at radius 1 is 0.886 bits per heavy atom. The van der Waals surface area contributed by atoms with Crippen LogP contribution in [0.3, 0.4) is 0 Å². The predicted octanol–water partition coefficient (Wildman–Crippen LogP) is 7.00. The number of para-hydroxylation sites is 2. The zero-order valence-corrected chi connectivity index (χ0v) is 23.1. The average Bonchev–Trinajstić information content (AvgIpc) is 3.48. The standard InChI is InChI=1S/C35H23FN4O4/c36-24-10-7-11-25(19-24)38-33(41)21-43-31-17-16-22-8-1-3-12-26(22)28(31)20-37-40-34(32-18-23-9-2-6-15-30(23)44-32)39-29-14-5-4-13-27(29)35(40)42/h1-20H,21H2,(H,38,41). The van der Waals surface area contributed by atoms with Crippen molar-refractivity contribution in [2.45, 2.75) is 0 Å². The SMILES string of the molecule is O=C(COc1ccc2ccccc2c1C=Nn1c(-c2cc3ccccc3o2)nc2ccccc2c1=O)Nc1cccc(F)c1. The van der Waals surface area contributed by atoms with Gasteiger partial charge in [0.2, 0.25) is 5.82 Å². The van der Waals surface area contributed by atoms with E-state index in [4.69, 9.17) is 14.1 Å². The number of nitrogens with zero attached hydrogens (tertiary/aromatic N) is 3. The van der Waals surface area contributed by atoms with Crippen LogP contribution in [0.5, 0.6) is 5.75 Å². The maximum absolute atomic E-state index is 13.8. The van der Waals surface area contributed by atoms with Crippen molar-refractivity contribution in [1.82, 2.24) is 9.66 Å². The summed E-state index contributed by atoms with van der Waals surface area (Å²) < 4.78 is 26.8. The van der Waals surface area contributed by atoms with Gasteiger partial charge >= 0.3 is 0 Å². The highest BCUT2D eigenvalue weighted by Crippen LogP contribution is 2.29. The van der Waals surface area contributed by atoms with E-state index in [0.29, 0.717) is 39.2 Å². The smallest absolute Gasteiger partial charge is 0.282 e. The Balaban J connectivity index is 1.30. The van der Waals surface area contributed by atoms with Gasteiger partial charge in [-0.3, -0.25) is 9.59 Å². The molecule has 0 saturated heterocycles. The monoisotopic (exact) mass is 582 g/mol. The lowest BCUT2D eigenvalue weighted by molar-refractivity contribution is -0.118. The lowest BCUT2D eigenvalue weighted by atomic mass is 10.0. The van der Waals surface area contributed by atoms with Crippen LogP contribution < -0.4 is 15.6 Å². The summed E-state index contributed by atoms with van der Waals surface area (Å²) >= 11 is 0. The van der Waals surface area contributed by atoms with Gasteiger partial charge in [-0.25, -0.2) is 9.37 Å². The van der Waals surface area contributed by atoms with Gasteiger partial charge in [-0.05, 0) is 59.3 Å². The fourth-order valence-corrected chi connectivity index (χ4v) is 5.04. The van der Waals surface area contributed by atoms with Gasteiger partial charge < -0.3 is 14.5 Å². The van der Waals surface area contributed by atoms with Gasteiger partial charge in [-0.15, -0.1) is 0 Å². The van der Waals surface area contributed by atoms with E-state index < -0.39 is 11.7 Å². The molecule has 44 heavy (non-hydrogen) atoms. The summed E-state index contributed by atoms with van der Waals surface area (Å²) in [5, 5.41) is 10.2. The van der Waals surface area contributed by atoms with Crippen molar-refractivity contribution in [2.24, 2.45) is 5.10 Å². The summed E-state index contributed by atoms with van der Waals surface area (Å²) in [7, 11) is 0. The molecule has 7 aromatic rings. The first-order valence-corrected chi connectivity index (χ1v) is 13.8. The number of hydrogen-bond donors (Lipinski definition) is 1. The number of rotatable bonds is 7. The fourth-order valence-electron chi connectivity index (χ4n) is 5.04. The van der Waals surface area contributed by atoms with Crippen LogP contribution >= 0.6 is 0 Å². The average molecular weight is 583 g/mol. The molecule has 0 unspecified atom stereocenters. The Labute approximate surface area is 249 Å². The van der Waals surface area contributed by atoms with Crippen molar-refractivity contribution in [3.63, 3.8) is 0 Å². The Morgan fingerprint density at radius 3 is 2.50 bits per heavy atom. The summed E-state index contributed by atoms with van der Waals surface area (Å²) in [6.07, 6.45) is 1.52. The Morgan fingerprint density at radius 2 is 1.66 bits per heavy atom. The molecule has 0 spiro atoms. The number of benzene rings is 5. The van der Waals surface area contributed by atoms with E-state index in [2.05, 4.69) is 10.4 Å². The minimum atomic E-state index is -0.464. The number of furan rings is 1. The van der Waals surface area contributed by atoms with Crippen molar-refractivity contribution in [3.8, 4) is 17.3 Å². The second kappa shape index (κ2) is 11.3. The number of halogens is 1. The van der Waals surface area contributed by atoms with Crippen LogP contribution in [0.2, 0.25) is 0 Å². The van der Waals surface area contributed by atoms with Crippen molar-refractivity contribution < 1.29 is 18.3 Å². The van der Waals surface area contributed by atoms with Crippen molar-refractivity contribution in [1.29, 1.82) is 0 Å². The number of anilines is 1. The summed E-state index contributed by atoms with van der Waals surface area (Å²) in [5.41, 5.74) is 1.66. The second-order valence-corrected chi connectivity index (χ2v) is 10.0. The molecule has 9 heteroatoms. The summed E-state index contributed by atoms with van der Waals surface area (Å²) in [6.45, 7) is -0.336. The van der Waals surface area contributed by atoms with E-state index in [1.165, 1.54) is 29.1 Å². The first kappa shape index (κ1) is 26.8. The van der Waals surface area contributed by atoms with E-state index in [0.717, 1.165) is 16.2 Å². The van der Waals surface area contributed by atoms with Crippen LogP contribution in [0.4, 0.5) is 10.1 Å². The molecule has 2 aromatic heterocycles. The number of fused-ring (bicyclic) bond motifs is 3. The number of amides is 1. The molecule has 0 bridgehead atoms. The minimum absolute atomic E-state index is 0.235. The third-order valence-corrected chi connectivity index (χ3v) is 7.10. The van der Waals surface area contributed by atoms with Crippen LogP contribution in [-0.2, 0) is 4.79 Å². The Bertz CT molecular complexity index is 2260. The third-order valence-electron chi connectivity index (χ3n) is 7.10. The van der Waals surface area contributed by atoms with E-state index >= 15 is 0 Å². The molecule has 0 aliphatic heterocycles. The summed E-state index contributed by atoms with van der Waals surface area (Å²) in [5.74, 6) is 0.0628. The van der Waals surface area contributed by atoms with E-state index in [1.807, 2.05) is 66.7 Å². The highest BCUT2D eigenvalue weighted by Gasteiger charge is 2.17. The van der Waals surface area contributed by atoms with Crippen molar-refractivity contribution in [3.05, 3.63) is 137 Å². The zero-order valence-electron chi connectivity index (χ0n) is 23.1. The van der Waals surface area contributed by atoms with Crippen LogP contribution in [0.15, 0.2) is 130 Å². The zero-order chi connectivity index (χ0) is 30.0. The highest BCUT2D eigenvalue weighted by molar-refractivity contribution is 6.03. The molecule has 0 radical (unpaired) electrons. The van der Waals surface area contributed by atoms with Crippen molar-refractivity contribution in [2.75, 3.05) is 11.9 Å². The molecule has 0 atom stereocenters. The largest absolute Gasteiger partial charge is 0.483 e. The minimum Gasteiger partial charge on any atom is -0.483 e. The van der Waals surface area contributed by atoms with Crippen LogP contribution in [-0.4, -0.2) is 28.4 Å². The lowest BCUT2D eigenvalue weighted by Crippen LogP contribution is -2.21. The molecule has 0 aliphatic carbocycles. The number of carbonyl (C=O) groups is 1. The van der Waals surface area contributed by atoms with Crippen LogP contribution in [0, 0.1) is 5.82 Å². The molecule has 2 heterocycles. The van der Waals surface area contributed by atoms with E-state index in [9.17, 15) is 14.0 Å². The molecular formula is C35H23FN4O4. The number of ether oxygens (including phenoxy) is 1. The van der Waals surface area contributed by atoms with E-state index in [1.54, 1.807) is 30.3 Å². The first-order valence-electron chi connectivity index (χ1n) is 13.8. The summed E-state index contributed by atoms with van der Waals surface area (Å²) in [6, 6.07) is 33.3. The molecule has 0 saturated carbocycles. The Kier molecular flexibility index (Phi) is 6.88. The van der Waals surface area contributed by atoms with Gasteiger partial charge in [-0.1, -0.05) is 66.7 Å². The quantitative estimate of drug-likeness (QED) is 0.204. The maximum Gasteiger partial charge on any atom is 0.282 e. The molecular weight excluding hydrogens is 559 g/mol. The lowest BCUT2D eigenvalue weighted by Gasteiger charge is -2.12. The topological polar surface area (TPSA) is 98.7 Å². The van der Waals surface area contributed by atoms with Crippen molar-refractivity contribution >= 4 is 50.5 Å². The predicted molar refractivity (Wildman–Crippen MR) is 169 cm³/mol. The van der Waals surface area contributed by atoms with Crippen LogP contribution in [0.25, 0.3) is 44.2 Å². The number of nitrogens with one attached hydrogen (secondary N) is 1. The van der Waals surface area contributed by atoms with Gasteiger partial charge in [-0.2, -0.15) is 9.78 Å². The highest BCUT2D eigenvalue weighted by atomic mass is 19.1. The van der Waals surface area contributed by atoms with Gasteiger partial charge in [0, 0.05) is 16.6 Å². The Hall–Kier alpha value is -6.09. The molecule has 1 amide bonds. The maximum atomic E-state index is 13.8. The molecule has 5 aromatic carbocycles. The number of hydrogen-bond acceptors (Lipinski definition) is 6. The van der Waals surface area contributed by atoms with Gasteiger partial charge in [0.15, 0.2) is 12.4 Å². The molecule has 7 rings (SSSR count). The summed E-state index contributed by atoms with van der Waals surface area (Å²) in [4.78, 5) is 31.2.